The number of carbonyl (C=O) groups is 1. The molecular weight excluding hydrogens is 362 g/mol. The fourth-order valence-corrected chi connectivity index (χ4v) is 3.58. The molecule has 1 N–H and O–H groups in total. The first-order valence-corrected chi connectivity index (χ1v) is 9.35. The van der Waals surface area contributed by atoms with Crippen molar-refractivity contribution in [2.24, 2.45) is 4.99 Å². The molecule has 0 amide bonds. The van der Waals surface area contributed by atoms with E-state index in [9.17, 15) is 4.79 Å². The summed E-state index contributed by atoms with van der Waals surface area (Å²) in [6, 6.07) is 21.2. The monoisotopic (exact) mass is 379 g/mol. The topological polar surface area (TPSA) is 67.5 Å². The zero-order chi connectivity index (χ0) is 19.6. The first-order chi connectivity index (χ1) is 14.3. The lowest BCUT2D eigenvalue weighted by atomic mass is 9.87. The van der Waals surface area contributed by atoms with Crippen LogP contribution < -0.4 is 5.32 Å². The van der Waals surface area contributed by atoms with Gasteiger partial charge in [0.25, 0.3) is 0 Å². The van der Waals surface area contributed by atoms with E-state index in [-0.39, 0.29) is 5.78 Å². The summed E-state index contributed by atoms with van der Waals surface area (Å²) in [4.78, 5) is 17.5. The van der Waals surface area contributed by atoms with Crippen molar-refractivity contribution in [3.63, 3.8) is 0 Å². The second-order valence-electron chi connectivity index (χ2n) is 6.75. The molecule has 5 heteroatoms. The van der Waals surface area contributed by atoms with Crippen molar-refractivity contribution in [3.8, 4) is 11.3 Å². The second kappa shape index (κ2) is 7.20. The van der Waals surface area contributed by atoms with E-state index in [1.165, 1.54) is 0 Å². The summed E-state index contributed by atoms with van der Waals surface area (Å²) < 4.78 is 5.56. The lowest BCUT2D eigenvalue weighted by Crippen LogP contribution is -2.11. The molecule has 0 aliphatic heterocycles. The van der Waals surface area contributed by atoms with Crippen LogP contribution in [0.5, 0.6) is 0 Å². The van der Waals surface area contributed by atoms with E-state index in [1.54, 1.807) is 12.4 Å². The molecule has 0 atom stereocenters. The minimum Gasteiger partial charge on any atom is -0.361 e. The highest BCUT2D eigenvalue weighted by atomic mass is 16.5. The van der Waals surface area contributed by atoms with E-state index in [4.69, 9.17) is 4.52 Å². The fraction of sp³-hybridized carbons (Fsp3) is 0.0417. The van der Waals surface area contributed by atoms with Gasteiger partial charge in [-0.15, -0.1) is 0 Å². The molecule has 1 heterocycles. The average molecular weight is 379 g/mol. The molecule has 1 aliphatic rings. The molecule has 0 spiro atoms. The number of aliphatic imine (C=N–C) groups is 1. The van der Waals surface area contributed by atoms with E-state index >= 15 is 0 Å². The Kier molecular flexibility index (Phi) is 4.26. The van der Waals surface area contributed by atoms with Crippen LogP contribution in [-0.2, 0) is 6.54 Å². The van der Waals surface area contributed by atoms with Crippen LogP contribution in [-0.4, -0.2) is 17.2 Å². The number of allylic oxidation sites excluding steroid dienone is 1. The molecule has 29 heavy (non-hydrogen) atoms. The summed E-state index contributed by atoms with van der Waals surface area (Å²) in [7, 11) is 0. The smallest absolute Gasteiger partial charge is 0.196 e. The van der Waals surface area contributed by atoms with Crippen molar-refractivity contribution in [1.29, 1.82) is 0 Å². The van der Waals surface area contributed by atoms with Crippen LogP contribution in [0.1, 0.15) is 21.5 Å². The molecule has 5 nitrogen and oxygen atoms in total. The molecule has 3 aromatic carbocycles. The van der Waals surface area contributed by atoms with E-state index in [2.05, 4.69) is 15.5 Å². The molecule has 0 saturated heterocycles. The van der Waals surface area contributed by atoms with Crippen LogP contribution in [0, 0.1) is 0 Å². The van der Waals surface area contributed by atoms with Gasteiger partial charge in [-0.05, 0) is 23.8 Å². The minimum absolute atomic E-state index is 0.0319. The molecule has 1 aliphatic carbocycles. The van der Waals surface area contributed by atoms with Gasteiger partial charge >= 0.3 is 0 Å². The number of fused-ring (bicyclic) bond motifs is 2. The normalized spacial score (nSPS) is 12.8. The number of ketones is 1. The molecule has 140 valence electrons. The Morgan fingerprint density at radius 1 is 0.966 bits per heavy atom. The van der Waals surface area contributed by atoms with Gasteiger partial charge in [0, 0.05) is 23.5 Å². The summed E-state index contributed by atoms with van der Waals surface area (Å²) in [6.07, 6.45) is 5.33. The summed E-state index contributed by atoms with van der Waals surface area (Å²) in [6.45, 7) is 0.627. The van der Waals surface area contributed by atoms with Gasteiger partial charge in [0.15, 0.2) is 11.5 Å². The third-order valence-corrected chi connectivity index (χ3v) is 4.93. The zero-order valence-electron chi connectivity index (χ0n) is 15.5. The summed E-state index contributed by atoms with van der Waals surface area (Å²) >= 11 is 0. The highest BCUT2D eigenvalue weighted by Crippen LogP contribution is 2.42. The van der Waals surface area contributed by atoms with Gasteiger partial charge in [-0.1, -0.05) is 59.8 Å². The van der Waals surface area contributed by atoms with Gasteiger partial charge in [-0.2, -0.15) is 0 Å². The molecule has 5 rings (SSSR count). The Hall–Kier alpha value is -3.99. The quantitative estimate of drug-likeness (QED) is 0.424. The Bertz CT molecular complexity index is 1270. The Morgan fingerprint density at radius 3 is 2.62 bits per heavy atom. The molecule has 0 bridgehead atoms. The van der Waals surface area contributed by atoms with Crippen LogP contribution in [0.15, 0.2) is 88.5 Å². The first kappa shape index (κ1) is 17.1. The molecule has 0 saturated carbocycles. The summed E-state index contributed by atoms with van der Waals surface area (Å²) in [5.41, 5.74) is 4.55. The largest absolute Gasteiger partial charge is 0.361 e. The Balaban J connectivity index is 1.41. The molecular formula is C24H17N3O2. The molecule has 1 aromatic heterocycles. The van der Waals surface area contributed by atoms with E-state index in [1.807, 2.05) is 72.8 Å². The number of hydrogen-bond acceptors (Lipinski definition) is 5. The van der Waals surface area contributed by atoms with Crippen molar-refractivity contribution >= 4 is 28.6 Å². The highest BCUT2D eigenvalue weighted by Gasteiger charge is 2.30. The zero-order valence-corrected chi connectivity index (χ0v) is 15.5. The summed E-state index contributed by atoms with van der Waals surface area (Å²) in [5, 5.41) is 8.08. The van der Waals surface area contributed by atoms with Gasteiger partial charge in [0.1, 0.15) is 5.52 Å². The fourth-order valence-electron chi connectivity index (χ4n) is 3.58. The number of hydrogen-bond donors (Lipinski definition) is 1. The highest BCUT2D eigenvalue weighted by molar-refractivity contribution is 6.27. The van der Waals surface area contributed by atoms with Crippen molar-refractivity contribution < 1.29 is 9.32 Å². The number of rotatable bonds is 5. The third-order valence-electron chi connectivity index (χ3n) is 4.93. The van der Waals surface area contributed by atoms with E-state index < -0.39 is 0 Å². The molecule has 0 radical (unpaired) electrons. The van der Waals surface area contributed by atoms with Crippen LogP contribution in [0.4, 0.5) is 5.69 Å². The van der Waals surface area contributed by atoms with Crippen LogP contribution in [0.25, 0.3) is 22.2 Å². The molecule has 0 unspecified atom stereocenters. The number of benzene rings is 3. The third kappa shape index (κ3) is 3.02. The number of nitrogens with zero attached hydrogens (tertiary/aromatic N) is 2. The maximum absolute atomic E-state index is 13.1. The SMILES string of the molecule is O=C1c2ccccc2-c2onc3ccc(NC=CC=NCc4ccccc4)c1c23. The van der Waals surface area contributed by atoms with Crippen molar-refractivity contribution in [2.75, 3.05) is 5.32 Å². The van der Waals surface area contributed by atoms with Crippen LogP contribution in [0.2, 0.25) is 0 Å². The van der Waals surface area contributed by atoms with Crippen LogP contribution >= 0.6 is 0 Å². The van der Waals surface area contributed by atoms with Gasteiger partial charge < -0.3 is 9.84 Å². The Morgan fingerprint density at radius 2 is 1.76 bits per heavy atom. The van der Waals surface area contributed by atoms with Crippen LogP contribution in [0.3, 0.4) is 0 Å². The number of aromatic nitrogens is 1. The molecule has 0 fully saturated rings. The number of carbonyl (C=O) groups excluding carboxylic acids is 1. The van der Waals surface area contributed by atoms with Crippen molar-refractivity contribution in [2.45, 2.75) is 6.54 Å². The van der Waals surface area contributed by atoms with Crippen molar-refractivity contribution in [3.05, 3.63) is 95.7 Å². The first-order valence-electron chi connectivity index (χ1n) is 9.35. The lowest BCUT2D eigenvalue weighted by molar-refractivity contribution is 0.104. The van der Waals surface area contributed by atoms with Gasteiger partial charge in [-0.25, -0.2) is 0 Å². The predicted octanol–water partition coefficient (Wildman–Crippen LogP) is 5.24. The van der Waals surface area contributed by atoms with E-state index in [0.29, 0.717) is 34.6 Å². The van der Waals surface area contributed by atoms with Gasteiger partial charge in [-0.3, -0.25) is 9.79 Å². The number of nitrogens with one attached hydrogen (secondary N) is 1. The number of anilines is 1. The second-order valence-corrected chi connectivity index (χ2v) is 6.75. The van der Waals surface area contributed by atoms with Gasteiger partial charge in [0.05, 0.1) is 23.2 Å². The van der Waals surface area contributed by atoms with Gasteiger partial charge in [0.2, 0.25) is 0 Å². The maximum Gasteiger partial charge on any atom is 0.196 e. The lowest BCUT2D eigenvalue weighted by Gasteiger charge is -2.16. The van der Waals surface area contributed by atoms with E-state index in [0.717, 1.165) is 16.5 Å². The Labute approximate surface area is 167 Å². The minimum atomic E-state index is -0.0319. The average Bonchev–Trinajstić information content (AvgIpc) is 3.20. The van der Waals surface area contributed by atoms with Crippen molar-refractivity contribution in [1.82, 2.24) is 5.16 Å². The predicted molar refractivity (Wildman–Crippen MR) is 114 cm³/mol. The standard InChI is InChI=1S/C24H17N3O2/c28-23-17-9-4-5-10-18(17)24-22-20(27-29-24)12-11-19(21(22)23)26-14-6-13-25-15-16-7-2-1-3-8-16/h1-14,26H,15H2. The summed E-state index contributed by atoms with van der Waals surface area (Å²) in [5.74, 6) is 0.609. The molecule has 4 aromatic rings. The maximum atomic E-state index is 13.1.